The molecular weight excluding hydrogens is 255 g/mol. The first-order valence-corrected chi connectivity index (χ1v) is 5.70. The van der Waals surface area contributed by atoms with Gasteiger partial charge in [0.1, 0.15) is 12.1 Å². The van der Waals surface area contributed by atoms with Gasteiger partial charge in [0.15, 0.2) is 5.69 Å². The number of anilines is 1. The highest BCUT2D eigenvalue weighted by Crippen LogP contribution is 2.37. The normalized spacial score (nSPS) is 11.6. The molecular formula is C13H12F3N3. The first-order valence-electron chi connectivity index (χ1n) is 5.70. The Bertz CT molecular complexity index is 577. The summed E-state index contributed by atoms with van der Waals surface area (Å²) in [7, 11) is 0. The summed E-state index contributed by atoms with van der Waals surface area (Å²) in [5, 5.41) is 0. The average molecular weight is 267 g/mol. The molecule has 0 aliphatic rings. The van der Waals surface area contributed by atoms with Gasteiger partial charge in [-0.2, -0.15) is 13.2 Å². The zero-order chi connectivity index (χ0) is 14.0. The number of nitrogens with two attached hydrogens (primary N) is 1. The van der Waals surface area contributed by atoms with E-state index >= 15 is 0 Å². The van der Waals surface area contributed by atoms with E-state index in [4.69, 9.17) is 5.73 Å². The van der Waals surface area contributed by atoms with Gasteiger partial charge in [-0.05, 0) is 17.5 Å². The van der Waals surface area contributed by atoms with Crippen molar-refractivity contribution in [3.63, 3.8) is 0 Å². The molecule has 0 saturated carbocycles. The minimum Gasteiger partial charge on any atom is -0.383 e. The molecule has 0 radical (unpaired) electrons. The van der Waals surface area contributed by atoms with Crippen LogP contribution in [0.2, 0.25) is 0 Å². The summed E-state index contributed by atoms with van der Waals surface area (Å²) in [6, 6.07) is 6.73. The lowest BCUT2D eigenvalue weighted by molar-refractivity contribution is -0.140. The second-order valence-corrected chi connectivity index (χ2v) is 4.03. The third kappa shape index (κ3) is 2.67. The number of nitrogen functional groups attached to an aromatic ring is 1. The van der Waals surface area contributed by atoms with Crippen LogP contribution in [-0.4, -0.2) is 9.97 Å². The average Bonchev–Trinajstić information content (AvgIpc) is 2.37. The fourth-order valence-corrected chi connectivity index (χ4v) is 1.81. The third-order valence-corrected chi connectivity index (χ3v) is 2.80. The molecule has 100 valence electrons. The number of hydrogen-bond acceptors (Lipinski definition) is 3. The van der Waals surface area contributed by atoms with E-state index in [1.165, 1.54) is 0 Å². The van der Waals surface area contributed by atoms with Crippen LogP contribution in [0.3, 0.4) is 0 Å². The van der Waals surface area contributed by atoms with E-state index in [9.17, 15) is 13.2 Å². The van der Waals surface area contributed by atoms with Gasteiger partial charge in [-0.1, -0.05) is 31.2 Å². The van der Waals surface area contributed by atoms with Crippen LogP contribution in [-0.2, 0) is 12.6 Å². The summed E-state index contributed by atoms with van der Waals surface area (Å²) in [5.74, 6) is -0.174. The van der Waals surface area contributed by atoms with Crippen LogP contribution in [0.4, 0.5) is 19.0 Å². The molecule has 1 aromatic heterocycles. The Balaban J connectivity index is 2.60. The second kappa shape index (κ2) is 4.87. The summed E-state index contributed by atoms with van der Waals surface area (Å²) in [6.07, 6.45) is -2.93. The van der Waals surface area contributed by atoms with Crippen molar-refractivity contribution in [3.05, 3.63) is 41.9 Å². The van der Waals surface area contributed by atoms with E-state index < -0.39 is 11.9 Å². The maximum absolute atomic E-state index is 12.9. The number of aromatic nitrogens is 2. The fourth-order valence-electron chi connectivity index (χ4n) is 1.81. The largest absolute Gasteiger partial charge is 0.434 e. The van der Waals surface area contributed by atoms with Crippen molar-refractivity contribution in [3.8, 4) is 11.1 Å². The second-order valence-electron chi connectivity index (χ2n) is 4.03. The van der Waals surface area contributed by atoms with Crippen molar-refractivity contribution < 1.29 is 13.2 Å². The standard InChI is InChI=1S/C13H12F3N3/c1-2-8-3-5-9(6-4-8)10-11(13(14,15)16)18-7-19-12(10)17/h3-7H,2H2,1H3,(H2,17,18,19). The zero-order valence-electron chi connectivity index (χ0n) is 10.2. The van der Waals surface area contributed by atoms with Crippen LogP contribution < -0.4 is 5.73 Å². The highest BCUT2D eigenvalue weighted by Gasteiger charge is 2.36. The summed E-state index contributed by atoms with van der Waals surface area (Å²) >= 11 is 0. The number of aryl methyl sites for hydroxylation is 1. The Hall–Kier alpha value is -2.11. The molecule has 19 heavy (non-hydrogen) atoms. The first-order chi connectivity index (χ1) is 8.93. The maximum Gasteiger partial charge on any atom is 0.434 e. The van der Waals surface area contributed by atoms with E-state index in [-0.39, 0.29) is 11.4 Å². The highest BCUT2D eigenvalue weighted by atomic mass is 19.4. The fraction of sp³-hybridized carbons (Fsp3) is 0.231. The third-order valence-electron chi connectivity index (χ3n) is 2.80. The lowest BCUT2D eigenvalue weighted by atomic mass is 10.0. The van der Waals surface area contributed by atoms with E-state index in [0.717, 1.165) is 18.3 Å². The Kier molecular flexibility index (Phi) is 3.42. The summed E-state index contributed by atoms with van der Waals surface area (Å²) in [4.78, 5) is 6.95. The predicted molar refractivity (Wildman–Crippen MR) is 66.3 cm³/mol. The van der Waals surface area contributed by atoms with Crippen LogP contribution in [0.1, 0.15) is 18.2 Å². The smallest absolute Gasteiger partial charge is 0.383 e. The quantitative estimate of drug-likeness (QED) is 0.908. The molecule has 0 amide bonds. The molecule has 2 N–H and O–H groups in total. The highest BCUT2D eigenvalue weighted by molar-refractivity contribution is 5.76. The summed E-state index contributed by atoms with van der Waals surface area (Å²) < 4.78 is 38.7. The molecule has 0 bridgehead atoms. The lowest BCUT2D eigenvalue weighted by Gasteiger charge is -2.13. The van der Waals surface area contributed by atoms with Crippen molar-refractivity contribution in [1.82, 2.24) is 9.97 Å². The molecule has 3 nitrogen and oxygen atoms in total. The molecule has 0 saturated heterocycles. The molecule has 0 fully saturated rings. The zero-order valence-corrected chi connectivity index (χ0v) is 10.2. The number of hydrogen-bond donors (Lipinski definition) is 1. The molecule has 2 aromatic rings. The van der Waals surface area contributed by atoms with E-state index in [1.807, 2.05) is 6.92 Å². The minimum absolute atomic E-state index is 0.169. The molecule has 0 aliphatic heterocycles. The van der Waals surface area contributed by atoms with Gasteiger partial charge in [-0.25, -0.2) is 9.97 Å². The van der Waals surface area contributed by atoms with Crippen molar-refractivity contribution in [2.75, 3.05) is 5.73 Å². The van der Waals surface area contributed by atoms with Gasteiger partial charge in [0.2, 0.25) is 0 Å². The predicted octanol–water partition coefficient (Wildman–Crippen LogP) is 3.31. The van der Waals surface area contributed by atoms with Gasteiger partial charge >= 0.3 is 6.18 Å². The number of benzene rings is 1. The number of halogens is 3. The molecule has 0 aliphatic carbocycles. The van der Waals surface area contributed by atoms with Gasteiger partial charge in [0.25, 0.3) is 0 Å². The molecule has 0 spiro atoms. The van der Waals surface area contributed by atoms with Gasteiger partial charge in [0.05, 0.1) is 5.56 Å². The molecule has 2 rings (SSSR count). The molecule has 6 heteroatoms. The van der Waals surface area contributed by atoms with E-state index in [0.29, 0.717) is 5.56 Å². The van der Waals surface area contributed by atoms with Gasteiger partial charge in [-0.15, -0.1) is 0 Å². The van der Waals surface area contributed by atoms with Crippen LogP contribution in [0.25, 0.3) is 11.1 Å². The summed E-state index contributed by atoms with van der Waals surface area (Å²) in [6.45, 7) is 1.97. The number of rotatable bonds is 2. The topological polar surface area (TPSA) is 51.8 Å². The Morgan fingerprint density at radius 1 is 1.11 bits per heavy atom. The molecule has 0 atom stereocenters. The van der Waals surface area contributed by atoms with Gasteiger partial charge in [0, 0.05) is 0 Å². The van der Waals surface area contributed by atoms with Crippen molar-refractivity contribution >= 4 is 5.82 Å². The van der Waals surface area contributed by atoms with Crippen LogP contribution >= 0.6 is 0 Å². The van der Waals surface area contributed by atoms with Gasteiger partial charge in [-0.3, -0.25) is 0 Å². The Morgan fingerprint density at radius 2 is 1.74 bits per heavy atom. The Labute approximate surface area is 108 Å². The first kappa shape index (κ1) is 13.3. The van der Waals surface area contributed by atoms with Crippen molar-refractivity contribution in [2.24, 2.45) is 0 Å². The number of nitrogens with zero attached hydrogens (tertiary/aromatic N) is 2. The van der Waals surface area contributed by atoms with Gasteiger partial charge < -0.3 is 5.73 Å². The molecule has 0 unspecified atom stereocenters. The summed E-state index contributed by atoms with van der Waals surface area (Å²) in [5.41, 5.74) is 5.79. The lowest BCUT2D eigenvalue weighted by Crippen LogP contribution is -2.12. The van der Waals surface area contributed by atoms with Crippen LogP contribution in [0, 0.1) is 0 Å². The molecule has 1 heterocycles. The SMILES string of the molecule is CCc1ccc(-c2c(N)ncnc2C(F)(F)F)cc1. The molecule has 1 aromatic carbocycles. The van der Waals surface area contributed by atoms with Crippen molar-refractivity contribution in [2.45, 2.75) is 19.5 Å². The maximum atomic E-state index is 12.9. The minimum atomic E-state index is -4.56. The van der Waals surface area contributed by atoms with Crippen molar-refractivity contribution in [1.29, 1.82) is 0 Å². The van der Waals surface area contributed by atoms with E-state index in [2.05, 4.69) is 9.97 Å². The van der Waals surface area contributed by atoms with Crippen LogP contribution in [0.15, 0.2) is 30.6 Å². The monoisotopic (exact) mass is 267 g/mol. The Morgan fingerprint density at radius 3 is 2.26 bits per heavy atom. The van der Waals surface area contributed by atoms with E-state index in [1.54, 1.807) is 24.3 Å². The van der Waals surface area contributed by atoms with Crippen LogP contribution in [0.5, 0.6) is 0 Å². The number of alkyl halides is 3.